The first-order valence-corrected chi connectivity index (χ1v) is 7.36. The molecule has 2 amide bonds. The van der Waals surface area contributed by atoms with Gasteiger partial charge in [0, 0.05) is 10.5 Å². The molecule has 0 atom stereocenters. The normalized spacial score (nSPS) is 10.7. The standard InChI is InChI=1S/C16H15BrN2O3/c1-10-9-14(11(2)22-10)16(21)19-18-15(20)8-5-12-3-6-13(17)7-4-12/h3-9H,1-2H3,(H,18,20)(H,19,21)/b8-5+. The highest BCUT2D eigenvalue weighted by Gasteiger charge is 2.13. The predicted octanol–water partition coefficient (Wildman–Crippen LogP) is 3.13. The summed E-state index contributed by atoms with van der Waals surface area (Å²) in [6.07, 6.45) is 3.00. The minimum absolute atomic E-state index is 0.398. The Hall–Kier alpha value is -2.34. The van der Waals surface area contributed by atoms with E-state index in [-0.39, 0.29) is 0 Å². The second kappa shape index (κ2) is 7.09. The molecule has 0 radical (unpaired) electrons. The van der Waals surface area contributed by atoms with Crippen molar-refractivity contribution in [2.75, 3.05) is 0 Å². The van der Waals surface area contributed by atoms with E-state index < -0.39 is 11.8 Å². The highest BCUT2D eigenvalue weighted by atomic mass is 79.9. The summed E-state index contributed by atoms with van der Waals surface area (Å²) >= 11 is 3.34. The summed E-state index contributed by atoms with van der Waals surface area (Å²) in [6.45, 7) is 3.44. The summed E-state index contributed by atoms with van der Waals surface area (Å²) in [5, 5.41) is 0. The topological polar surface area (TPSA) is 71.3 Å². The first-order valence-electron chi connectivity index (χ1n) is 6.56. The molecule has 0 saturated carbocycles. The Morgan fingerprint density at radius 1 is 1.14 bits per heavy atom. The number of furan rings is 1. The number of carbonyl (C=O) groups excluding carboxylic acids is 2. The molecule has 114 valence electrons. The molecule has 1 heterocycles. The molecule has 0 aliphatic rings. The molecule has 0 bridgehead atoms. The van der Waals surface area contributed by atoms with Crippen molar-refractivity contribution < 1.29 is 14.0 Å². The van der Waals surface area contributed by atoms with Gasteiger partial charge in [0.05, 0.1) is 5.56 Å². The highest BCUT2D eigenvalue weighted by Crippen LogP contribution is 2.13. The van der Waals surface area contributed by atoms with Crippen LogP contribution in [0.15, 0.2) is 45.3 Å². The molecular formula is C16H15BrN2O3. The van der Waals surface area contributed by atoms with Gasteiger partial charge < -0.3 is 4.42 Å². The van der Waals surface area contributed by atoms with Gasteiger partial charge in [-0.25, -0.2) is 0 Å². The van der Waals surface area contributed by atoms with Crippen LogP contribution in [0.2, 0.25) is 0 Å². The van der Waals surface area contributed by atoms with E-state index in [1.807, 2.05) is 24.3 Å². The molecule has 0 saturated heterocycles. The van der Waals surface area contributed by atoms with E-state index in [9.17, 15) is 9.59 Å². The van der Waals surface area contributed by atoms with Crippen molar-refractivity contribution in [1.82, 2.24) is 10.9 Å². The molecule has 2 rings (SSSR count). The van der Waals surface area contributed by atoms with Crippen LogP contribution in [0, 0.1) is 13.8 Å². The Kier molecular flexibility index (Phi) is 5.16. The lowest BCUT2D eigenvalue weighted by molar-refractivity contribution is -0.117. The zero-order valence-corrected chi connectivity index (χ0v) is 13.7. The second-order valence-electron chi connectivity index (χ2n) is 4.66. The number of benzene rings is 1. The molecule has 6 heteroatoms. The van der Waals surface area contributed by atoms with Gasteiger partial charge in [-0.3, -0.25) is 20.4 Å². The molecule has 0 unspecified atom stereocenters. The third-order valence-electron chi connectivity index (χ3n) is 2.88. The fourth-order valence-electron chi connectivity index (χ4n) is 1.83. The van der Waals surface area contributed by atoms with Crippen LogP contribution in [0.1, 0.15) is 27.4 Å². The molecule has 0 fully saturated rings. The minimum Gasteiger partial charge on any atom is -0.466 e. The number of hydrogen-bond acceptors (Lipinski definition) is 3. The van der Waals surface area contributed by atoms with Crippen LogP contribution in [-0.2, 0) is 4.79 Å². The van der Waals surface area contributed by atoms with Crippen molar-refractivity contribution in [3.8, 4) is 0 Å². The maximum Gasteiger partial charge on any atom is 0.273 e. The zero-order valence-electron chi connectivity index (χ0n) is 12.1. The van der Waals surface area contributed by atoms with E-state index in [4.69, 9.17) is 4.42 Å². The third kappa shape index (κ3) is 4.33. The molecule has 5 nitrogen and oxygen atoms in total. The average Bonchev–Trinajstić information content (AvgIpc) is 2.83. The lowest BCUT2D eigenvalue weighted by Gasteiger charge is -2.04. The van der Waals surface area contributed by atoms with Gasteiger partial charge in [0.1, 0.15) is 11.5 Å². The Morgan fingerprint density at radius 3 is 2.41 bits per heavy atom. The first-order chi connectivity index (χ1) is 10.5. The van der Waals surface area contributed by atoms with Crippen molar-refractivity contribution in [3.63, 3.8) is 0 Å². The molecule has 2 aromatic rings. The van der Waals surface area contributed by atoms with Crippen molar-refractivity contribution >= 4 is 33.8 Å². The van der Waals surface area contributed by atoms with Gasteiger partial charge in [-0.1, -0.05) is 28.1 Å². The molecule has 0 aliphatic heterocycles. The number of aryl methyl sites for hydroxylation is 2. The van der Waals surface area contributed by atoms with Crippen molar-refractivity contribution in [1.29, 1.82) is 0 Å². The fraction of sp³-hybridized carbons (Fsp3) is 0.125. The quantitative estimate of drug-likeness (QED) is 0.650. The van der Waals surface area contributed by atoms with Crippen molar-refractivity contribution in [3.05, 3.63) is 63.5 Å². The summed E-state index contributed by atoms with van der Waals surface area (Å²) in [5.41, 5.74) is 5.94. The van der Waals surface area contributed by atoms with E-state index in [0.29, 0.717) is 17.1 Å². The number of amides is 2. The van der Waals surface area contributed by atoms with E-state index in [2.05, 4.69) is 26.8 Å². The Balaban J connectivity index is 1.88. The van der Waals surface area contributed by atoms with Gasteiger partial charge in [-0.2, -0.15) is 0 Å². The number of nitrogens with one attached hydrogen (secondary N) is 2. The maximum atomic E-state index is 11.9. The van der Waals surface area contributed by atoms with Crippen LogP contribution in [0.25, 0.3) is 6.08 Å². The SMILES string of the molecule is Cc1cc(C(=O)NNC(=O)/C=C/c2ccc(Br)cc2)c(C)o1. The van der Waals surface area contributed by atoms with Crippen molar-refractivity contribution in [2.45, 2.75) is 13.8 Å². The van der Waals surface area contributed by atoms with Crippen LogP contribution in [-0.4, -0.2) is 11.8 Å². The number of hydrogen-bond donors (Lipinski definition) is 2. The molecule has 22 heavy (non-hydrogen) atoms. The third-order valence-corrected chi connectivity index (χ3v) is 3.41. The Labute approximate surface area is 136 Å². The predicted molar refractivity (Wildman–Crippen MR) is 87.0 cm³/mol. The number of halogens is 1. The summed E-state index contributed by atoms with van der Waals surface area (Å²) in [6, 6.07) is 9.11. The molecule has 2 N–H and O–H groups in total. The van der Waals surface area contributed by atoms with Gasteiger partial charge in [-0.05, 0) is 43.7 Å². The zero-order chi connectivity index (χ0) is 16.1. The Morgan fingerprint density at radius 2 is 1.82 bits per heavy atom. The van der Waals surface area contributed by atoms with Crippen LogP contribution in [0.3, 0.4) is 0 Å². The maximum absolute atomic E-state index is 11.9. The monoisotopic (exact) mass is 362 g/mol. The summed E-state index contributed by atoms with van der Waals surface area (Å²) in [5.74, 6) is 0.313. The lowest BCUT2D eigenvalue weighted by Crippen LogP contribution is -2.40. The second-order valence-corrected chi connectivity index (χ2v) is 5.57. The Bertz CT molecular complexity index is 717. The molecule has 1 aromatic heterocycles. The van der Waals surface area contributed by atoms with Crippen LogP contribution >= 0.6 is 15.9 Å². The first kappa shape index (κ1) is 16.0. The lowest BCUT2D eigenvalue weighted by atomic mass is 10.2. The van der Waals surface area contributed by atoms with Gasteiger partial charge >= 0.3 is 0 Å². The van der Waals surface area contributed by atoms with Gasteiger partial charge in [0.15, 0.2) is 0 Å². The van der Waals surface area contributed by atoms with E-state index in [1.165, 1.54) is 6.08 Å². The van der Waals surface area contributed by atoms with Gasteiger partial charge in [0.25, 0.3) is 11.8 Å². The molecule has 1 aromatic carbocycles. The van der Waals surface area contributed by atoms with Gasteiger partial charge in [0.2, 0.25) is 0 Å². The minimum atomic E-state index is -0.422. The van der Waals surface area contributed by atoms with Crippen LogP contribution in [0.5, 0.6) is 0 Å². The summed E-state index contributed by atoms with van der Waals surface area (Å²) in [7, 11) is 0. The fourth-order valence-corrected chi connectivity index (χ4v) is 2.09. The molecule has 0 spiro atoms. The van der Waals surface area contributed by atoms with Crippen LogP contribution in [0.4, 0.5) is 0 Å². The average molecular weight is 363 g/mol. The summed E-state index contributed by atoms with van der Waals surface area (Å²) in [4.78, 5) is 23.5. The van der Waals surface area contributed by atoms with Crippen molar-refractivity contribution in [2.24, 2.45) is 0 Å². The molecular weight excluding hydrogens is 348 g/mol. The molecule has 0 aliphatic carbocycles. The van der Waals surface area contributed by atoms with E-state index in [0.717, 1.165) is 10.0 Å². The van der Waals surface area contributed by atoms with E-state index in [1.54, 1.807) is 26.0 Å². The number of hydrazine groups is 1. The largest absolute Gasteiger partial charge is 0.466 e. The smallest absolute Gasteiger partial charge is 0.273 e. The highest BCUT2D eigenvalue weighted by molar-refractivity contribution is 9.10. The summed E-state index contributed by atoms with van der Waals surface area (Å²) < 4.78 is 6.23. The van der Waals surface area contributed by atoms with Gasteiger partial charge in [-0.15, -0.1) is 0 Å². The number of carbonyl (C=O) groups is 2. The van der Waals surface area contributed by atoms with E-state index >= 15 is 0 Å². The number of rotatable bonds is 3. The van der Waals surface area contributed by atoms with Crippen LogP contribution < -0.4 is 10.9 Å².